The van der Waals surface area contributed by atoms with Crippen molar-refractivity contribution in [2.45, 2.75) is 26.3 Å². The minimum absolute atomic E-state index is 0.178. The Balaban J connectivity index is 2.46. The van der Waals surface area contributed by atoms with Crippen LogP contribution < -0.4 is 5.32 Å². The number of rotatable bonds is 3. The molecule has 0 aliphatic carbocycles. The van der Waals surface area contributed by atoms with E-state index in [1.807, 2.05) is 11.9 Å². The van der Waals surface area contributed by atoms with Gasteiger partial charge in [0.1, 0.15) is 0 Å². The summed E-state index contributed by atoms with van der Waals surface area (Å²) in [6.07, 6.45) is 0. The van der Waals surface area contributed by atoms with Crippen LogP contribution in [0.2, 0.25) is 0 Å². The minimum atomic E-state index is 0.178. The fourth-order valence-electron chi connectivity index (χ4n) is 2.17. The zero-order valence-electron chi connectivity index (χ0n) is 10.3. The molecule has 88 valence electrons. The van der Waals surface area contributed by atoms with Crippen LogP contribution in [0.3, 0.4) is 0 Å². The van der Waals surface area contributed by atoms with Crippen molar-refractivity contribution < 1.29 is 4.79 Å². The monoisotopic (exact) mass is 213 g/mol. The van der Waals surface area contributed by atoms with E-state index < -0.39 is 0 Å². The first kappa shape index (κ1) is 12.5. The van der Waals surface area contributed by atoms with Crippen LogP contribution in [0.15, 0.2) is 0 Å². The van der Waals surface area contributed by atoms with Crippen LogP contribution in [-0.2, 0) is 4.79 Å². The lowest BCUT2D eigenvalue weighted by Gasteiger charge is -2.43. The molecule has 1 heterocycles. The van der Waals surface area contributed by atoms with E-state index in [0.717, 1.165) is 32.7 Å². The molecule has 0 spiro atoms. The van der Waals surface area contributed by atoms with Crippen LogP contribution in [0, 0.1) is 0 Å². The summed E-state index contributed by atoms with van der Waals surface area (Å²) in [7, 11) is 1.98. The maximum atomic E-state index is 11.2. The Morgan fingerprint density at radius 3 is 2.20 bits per heavy atom. The quantitative estimate of drug-likeness (QED) is 0.725. The molecule has 0 aromatic carbocycles. The zero-order valence-corrected chi connectivity index (χ0v) is 10.3. The maximum absolute atomic E-state index is 11.2. The SMILES string of the molecule is CNCC(C)(C)N1CCN(C(C)=O)CC1. The summed E-state index contributed by atoms with van der Waals surface area (Å²) in [6.45, 7) is 10.8. The first-order valence-electron chi connectivity index (χ1n) is 5.62. The largest absolute Gasteiger partial charge is 0.340 e. The molecule has 1 saturated heterocycles. The Morgan fingerprint density at radius 2 is 1.80 bits per heavy atom. The van der Waals surface area contributed by atoms with Crippen LogP contribution in [0.4, 0.5) is 0 Å². The van der Waals surface area contributed by atoms with Gasteiger partial charge in [-0.05, 0) is 20.9 Å². The summed E-state index contributed by atoms with van der Waals surface area (Å²) in [5.74, 6) is 0.195. The standard InChI is InChI=1S/C11H23N3O/c1-10(15)13-5-7-14(8-6-13)11(2,3)9-12-4/h12H,5-9H2,1-4H3. The van der Waals surface area contributed by atoms with Gasteiger partial charge in [0.2, 0.25) is 5.91 Å². The normalized spacial score (nSPS) is 19.3. The fourth-order valence-corrected chi connectivity index (χ4v) is 2.17. The van der Waals surface area contributed by atoms with E-state index in [1.54, 1.807) is 6.92 Å². The number of carbonyl (C=O) groups is 1. The summed E-state index contributed by atoms with van der Waals surface area (Å²) in [4.78, 5) is 15.5. The van der Waals surface area contributed by atoms with Crippen LogP contribution >= 0.6 is 0 Å². The van der Waals surface area contributed by atoms with E-state index in [0.29, 0.717) is 0 Å². The van der Waals surface area contributed by atoms with Gasteiger partial charge in [-0.15, -0.1) is 0 Å². The molecule has 4 nitrogen and oxygen atoms in total. The molecule has 15 heavy (non-hydrogen) atoms. The van der Waals surface area contributed by atoms with Gasteiger partial charge >= 0.3 is 0 Å². The van der Waals surface area contributed by atoms with Gasteiger partial charge in [0.05, 0.1) is 0 Å². The van der Waals surface area contributed by atoms with E-state index in [4.69, 9.17) is 0 Å². The van der Waals surface area contributed by atoms with Crippen molar-refractivity contribution >= 4 is 5.91 Å². The van der Waals surface area contributed by atoms with Gasteiger partial charge < -0.3 is 10.2 Å². The average molecular weight is 213 g/mol. The lowest BCUT2D eigenvalue weighted by Crippen LogP contribution is -2.58. The molecule has 1 aliphatic rings. The lowest BCUT2D eigenvalue weighted by atomic mass is 10.0. The van der Waals surface area contributed by atoms with E-state index in [-0.39, 0.29) is 11.4 Å². The first-order chi connectivity index (χ1) is 6.97. The number of carbonyl (C=O) groups excluding carboxylic acids is 1. The predicted molar refractivity (Wildman–Crippen MR) is 61.8 cm³/mol. The Hall–Kier alpha value is -0.610. The fraction of sp³-hybridized carbons (Fsp3) is 0.909. The number of hydrogen-bond acceptors (Lipinski definition) is 3. The Morgan fingerprint density at radius 1 is 1.27 bits per heavy atom. The van der Waals surface area contributed by atoms with Crippen molar-refractivity contribution in [3.63, 3.8) is 0 Å². The van der Waals surface area contributed by atoms with E-state index in [2.05, 4.69) is 24.1 Å². The second kappa shape index (κ2) is 4.94. The number of nitrogens with zero attached hydrogens (tertiary/aromatic N) is 2. The zero-order chi connectivity index (χ0) is 11.5. The van der Waals surface area contributed by atoms with Gasteiger partial charge in [-0.25, -0.2) is 0 Å². The highest BCUT2D eigenvalue weighted by molar-refractivity contribution is 5.73. The van der Waals surface area contributed by atoms with Gasteiger partial charge in [0.15, 0.2) is 0 Å². The molecule has 1 fully saturated rings. The van der Waals surface area contributed by atoms with Gasteiger partial charge in [-0.1, -0.05) is 0 Å². The van der Waals surface area contributed by atoms with Gasteiger partial charge in [0.25, 0.3) is 0 Å². The summed E-state index contributed by atoms with van der Waals surface area (Å²) >= 11 is 0. The van der Waals surface area contributed by atoms with Crippen LogP contribution in [0.5, 0.6) is 0 Å². The molecule has 0 aromatic rings. The molecule has 0 bridgehead atoms. The van der Waals surface area contributed by atoms with Crippen molar-refractivity contribution in [2.24, 2.45) is 0 Å². The number of piperazine rings is 1. The van der Waals surface area contributed by atoms with Crippen molar-refractivity contribution in [3.05, 3.63) is 0 Å². The number of amides is 1. The molecule has 0 unspecified atom stereocenters. The molecule has 1 rings (SSSR count). The summed E-state index contributed by atoms with van der Waals surface area (Å²) in [5.41, 5.74) is 0.178. The first-order valence-corrected chi connectivity index (χ1v) is 5.62. The maximum Gasteiger partial charge on any atom is 0.219 e. The molecule has 0 radical (unpaired) electrons. The molecule has 1 N–H and O–H groups in total. The number of likely N-dealkylation sites (N-methyl/N-ethyl adjacent to an activating group) is 1. The lowest BCUT2D eigenvalue weighted by molar-refractivity contribution is -0.131. The molecule has 1 amide bonds. The van der Waals surface area contributed by atoms with Crippen LogP contribution in [-0.4, -0.2) is 61.0 Å². The van der Waals surface area contributed by atoms with Gasteiger partial charge in [-0.3, -0.25) is 9.69 Å². The van der Waals surface area contributed by atoms with Crippen molar-refractivity contribution in [1.29, 1.82) is 0 Å². The highest BCUT2D eigenvalue weighted by atomic mass is 16.2. The van der Waals surface area contributed by atoms with Crippen molar-refractivity contribution in [2.75, 3.05) is 39.8 Å². The molecule has 0 aromatic heterocycles. The smallest absolute Gasteiger partial charge is 0.219 e. The highest BCUT2D eigenvalue weighted by Gasteiger charge is 2.29. The second-order valence-corrected chi connectivity index (χ2v) is 4.84. The number of hydrogen-bond donors (Lipinski definition) is 1. The molecule has 0 atom stereocenters. The van der Waals surface area contributed by atoms with Gasteiger partial charge in [0, 0.05) is 45.2 Å². The number of nitrogens with one attached hydrogen (secondary N) is 1. The molecule has 0 saturated carbocycles. The van der Waals surface area contributed by atoms with Crippen molar-refractivity contribution in [3.8, 4) is 0 Å². The summed E-state index contributed by atoms with van der Waals surface area (Å²) in [6, 6.07) is 0. The van der Waals surface area contributed by atoms with Crippen LogP contribution in [0.25, 0.3) is 0 Å². The third-order valence-corrected chi connectivity index (χ3v) is 3.19. The minimum Gasteiger partial charge on any atom is -0.340 e. The topological polar surface area (TPSA) is 35.6 Å². The van der Waals surface area contributed by atoms with Gasteiger partial charge in [-0.2, -0.15) is 0 Å². The Kier molecular flexibility index (Phi) is 4.11. The second-order valence-electron chi connectivity index (χ2n) is 4.84. The molecule has 1 aliphatic heterocycles. The Labute approximate surface area is 92.6 Å². The summed E-state index contributed by atoms with van der Waals surface area (Å²) < 4.78 is 0. The van der Waals surface area contributed by atoms with E-state index in [9.17, 15) is 4.79 Å². The van der Waals surface area contributed by atoms with Crippen molar-refractivity contribution in [1.82, 2.24) is 15.1 Å². The Bertz CT molecular complexity index is 220. The highest BCUT2D eigenvalue weighted by Crippen LogP contribution is 2.15. The average Bonchev–Trinajstić information content (AvgIpc) is 2.18. The van der Waals surface area contributed by atoms with E-state index >= 15 is 0 Å². The summed E-state index contributed by atoms with van der Waals surface area (Å²) in [5, 5.41) is 3.22. The molecular weight excluding hydrogens is 190 g/mol. The molecular formula is C11H23N3O. The third-order valence-electron chi connectivity index (χ3n) is 3.19. The van der Waals surface area contributed by atoms with E-state index in [1.165, 1.54) is 0 Å². The third kappa shape index (κ3) is 3.18. The predicted octanol–water partition coefficient (Wildman–Crippen LogP) is 0.148. The van der Waals surface area contributed by atoms with Crippen LogP contribution in [0.1, 0.15) is 20.8 Å². The molecule has 4 heteroatoms.